The Hall–Kier alpha value is -0.780. The summed E-state index contributed by atoms with van der Waals surface area (Å²) in [6.45, 7) is 0. The molecule has 6 heteroatoms. The van der Waals surface area contributed by atoms with E-state index in [0.29, 0.717) is 0 Å². The van der Waals surface area contributed by atoms with Crippen LogP contribution in [0.25, 0.3) is 0 Å². The normalized spacial score (nSPS) is 12.7. The zero-order valence-electron chi connectivity index (χ0n) is 6.39. The Morgan fingerprint density at radius 2 is 1.17 bits per heavy atom. The smallest absolute Gasteiger partial charge is 0.444 e. The summed E-state index contributed by atoms with van der Waals surface area (Å²) in [7, 11) is 0. The van der Waals surface area contributed by atoms with Gasteiger partial charge in [0.1, 0.15) is 0 Å². The number of carbonyl (C=O) groups excluding carboxylic acids is 2. The number of nitrogens with zero attached hydrogens (tertiary/aromatic N) is 1. The average Bonchev–Trinajstić information content (AvgIpc) is 1.97. The molecule has 1 aliphatic rings. The first kappa shape index (κ1) is 13.8. The molecule has 0 saturated heterocycles. The van der Waals surface area contributed by atoms with E-state index in [9.17, 15) is 9.59 Å². The second-order valence-electron chi connectivity index (χ2n) is 1.55. The van der Waals surface area contributed by atoms with E-state index in [-0.39, 0.29) is 41.1 Å². The van der Waals surface area contributed by atoms with E-state index < -0.39 is 0 Å². The van der Waals surface area contributed by atoms with Crippen molar-refractivity contribution in [3.05, 3.63) is 34.4 Å². The van der Waals surface area contributed by atoms with Gasteiger partial charge in [0.05, 0.1) is 0 Å². The minimum absolute atomic E-state index is 0. The third kappa shape index (κ3) is 7.33. The molecular weight excluding hydrogens is 173 g/mol. The first-order chi connectivity index (χ1) is 5.20. The van der Waals surface area contributed by atoms with Crippen LogP contribution in [0.3, 0.4) is 0 Å². The second kappa shape index (κ2) is 8.32. The fourth-order valence-corrected chi connectivity index (χ4v) is 0.440. The minimum atomic E-state index is -0.121. The van der Waals surface area contributed by atoms with E-state index in [2.05, 4.69) is 0 Å². The summed E-state index contributed by atoms with van der Waals surface area (Å²) in [5.74, 6) is -0.241. The number of carbonyl (C=O) groups is 2. The van der Waals surface area contributed by atoms with Gasteiger partial charge in [-0.25, -0.2) is 0 Å². The maximum atomic E-state index is 10.3. The van der Waals surface area contributed by atoms with Crippen molar-refractivity contribution in [1.82, 2.24) is 0 Å². The van der Waals surface area contributed by atoms with Crippen molar-refractivity contribution in [2.24, 2.45) is 5.34 Å². The Labute approximate surface area is 90.4 Å². The molecule has 0 N–H and O–H groups in total. The fourth-order valence-electron chi connectivity index (χ4n) is 0.440. The molecule has 1 aliphatic carbocycles. The van der Waals surface area contributed by atoms with Gasteiger partial charge in [-0.1, -0.05) is 0 Å². The third-order valence-corrected chi connectivity index (χ3v) is 0.824. The zero-order chi connectivity index (χ0) is 8.69. The predicted molar refractivity (Wildman–Crippen MR) is 37.5 cm³/mol. The third-order valence-electron chi connectivity index (χ3n) is 0.824. The van der Waals surface area contributed by atoms with Gasteiger partial charge < -0.3 is 10.1 Å². The van der Waals surface area contributed by atoms with Gasteiger partial charge in [-0.05, 0) is 24.3 Å². The maximum absolute atomic E-state index is 10.3. The molecule has 0 fully saturated rings. The summed E-state index contributed by atoms with van der Waals surface area (Å²) < 4.78 is 0. The molecule has 12 heavy (non-hydrogen) atoms. The summed E-state index contributed by atoms with van der Waals surface area (Å²) in [6, 6.07) is 0. The van der Waals surface area contributed by atoms with Gasteiger partial charge in [0.15, 0.2) is 11.6 Å². The van der Waals surface area contributed by atoms with Crippen LogP contribution in [0, 0.1) is 10.1 Å². The van der Waals surface area contributed by atoms with Gasteiger partial charge >= 0.3 is 29.6 Å². The Bertz CT molecular complexity index is 196. The Morgan fingerprint density at radius 3 is 1.33 bits per heavy atom. The number of allylic oxidation sites excluding steroid dienone is 4. The van der Waals surface area contributed by atoms with E-state index in [1.165, 1.54) is 24.3 Å². The zero-order valence-corrected chi connectivity index (χ0v) is 8.39. The molecule has 0 heterocycles. The van der Waals surface area contributed by atoms with Crippen LogP contribution >= 0.6 is 0 Å². The van der Waals surface area contributed by atoms with E-state index >= 15 is 0 Å². The molecule has 0 aromatic heterocycles. The van der Waals surface area contributed by atoms with Crippen LogP contribution in [0.5, 0.6) is 0 Å². The van der Waals surface area contributed by atoms with Gasteiger partial charge in [-0.15, -0.1) is 5.34 Å². The van der Waals surface area contributed by atoms with E-state index in [1.54, 1.807) is 0 Å². The van der Waals surface area contributed by atoms with Crippen LogP contribution in [0.2, 0.25) is 0 Å². The van der Waals surface area contributed by atoms with Crippen LogP contribution < -0.4 is 29.6 Å². The van der Waals surface area contributed by atoms with Crippen molar-refractivity contribution in [3.8, 4) is 0 Å². The molecule has 0 bridgehead atoms. The summed E-state index contributed by atoms with van der Waals surface area (Å²) in [6.07, 6.45) is 5.01. The standard InChI is InChI=1S/C6H4O2.HNO2.Na/c7-5-1-2-6(8)4-3-5;2-1-3;/h1-4H;(H,2,3);/q;;+1/p-1. The number of rotatable bonds is 0. The van der Waals surface area contributed by atoms with Gasteiger partial charge in [-0.3, -0.25) is 9.59 Å². The molecule has 58 valence electrons. The van der Waals surface area contributed by atoms with Crippen molar-refractivity contribution in [3.63, 3.8) is 0 Å². The first-order valence-electron chi connectivity index (χ1n) is 2.59. The molecule has 0 aromatic carbocycles. The van der Waals surface area contributed by atoms with Gasteiger partial charge in [0.2, 0.25) is 0 Å². The molecule has 5 nitrogen and oxygen atoms in total. The molecule has 0 amide bonds. The molecule has 0 saturated carbocycles. The van der Waals surface area contributed by atoms with Gasteiger partial charge in [0, 0.05) is 0 Å². The van der Waals surface area contributed by atoms with E-state index in [1.807, 2.05) is 0 Å². The van der Waals surface area contributed by atoms with Crippen LogP contribution in [0.1, 0.15) is 0 Å². The molecule has 0 aromatic rings. The molecule has 1 rings (SSSR count). The van der Waals surface area contributed by atoms with Crippen LogP contribution in [-0.4, -0.2) is 11.6 Å². The predicted octanol–water partition coefficient (Wildman–Crippen LogP) is -2.49. The minimum Gasteiger partial charge on any atom is -0.444 e. The average molecular weight is 177 g/mol. The molecular formula is C6H4NNaO4. The van der Waals surface area contributed by atoms with Crippen molar-refractivity contribution < 1.29 is 39.1 Å². The van der Waals surface area contributed by atoms with E-state index in [0.717, 1.165) is 5.34 Å². The largest absolute Gasteiger partial charge is 1.00 e. The van der Waals surface area contributed by atoms with Gasteiger partial charge in [0.25, 0.3) is 0 Å². The summed E-state index contributed by atoms with van der Waals surface area (Å²) in [5.41, 5.74) is 0. The van der Waals surface area contributed by atoms with Crippen molar-refractivity contribution in [1.29, 1.82) is 0 Å². The van der Waals surface area contributed by atoms with E-state index in [4.69, 9.17) is 10.1 Å². The molecule has 0 radical (unpaired) electrons. The SMILES string of the molecule is O=C1C=CC(=O)C=C1.O=N[O-].[Na+]. The number of hydrogen-bond donors (Lipinski definition) is 0. The maximum Gasteiger partial charge on any atom is 1.00 e. The van der Waals surface area contributed by atoms with Crippen molar-refractivity contribution >= 4 is 11.6 Å². The quantitative estimate of drug-likeness (QED) is 0.177. The van der Waals surface area contributed by atoms with Crippen LogP contribution in [0.15, 0.2) is 29.6 Å². The summed E-state index contributed by atoms with van der Waals surface area (Å²) in [5, 5.41) is 9.00. The van der Waals surface area contributed by atoms with Crippen molar-refractivity contribution in [2.75, 3.05) is 0 Å². The molecule has 0 unspecified atom stereocenters. The Kier molecular flexibility index (Phi) is 9.56. The Balaban J connectivity index is 0. The molecule has 0 atom stereocenters. The summed E-state index contributed by atoms with van der Waals surface area (Å²) >= 11 is 0. The molecule has 0 spiro atoms. The summed E-state index contributed by atoms with van der Waals surface area (Å²) in [4.78, 5) is 28.6. The topological polar surface area (TPSA) is 86.6 Å². The second-order valence-corrected chi connectivity index (χ2v) is 1.55. The number of hydrogen-bond acceptors (Lipinski definition) is 5. The van der Waals surface area contributed by atoms with Crippen LogP contribution in [-0.2, 0) is 9.59 Å². The monoisotopic (exact) mass is 177 g/mol. The van der Waals surface area contributed by atoms with Crippen LogP contribution in [0.4, 0.5) is 0 Å². The van der Waals surface area contributed by atoms with Crippen molar-refractivity contribution in [2.45, 2.75) is 0 Å². The first-order valence-corrected chi connectivity index (χ1v) is 2.59. The molecule has 0 aliphatic heterocycles. The number of ketones is 2. The Morgan fingerprint density at radius 1 is 1.00 bits per heavy atom. The van der Waals surface area contributed by atoms with Gasteiger partial charge in [-0.2, -0.15) is 0 Å². The fraction of sp³-hybridized carbons (Fsp3) is 0.